The molecule has 2 nitrogen and oxygen atoms in total. The molecule has 0 aromatic heterocycles. The molecule has 0 atom stereocenters. The van der Waals surface area contributed by atoms with E-state index in [0.717, 1.165) is 0 Å². The first-order chi connectivity index (χ1) is 3.18. The molecule has 0 amide bonds. The van der Waals surface area contributed by atoms with Gasteiger partial charge in [0.1, 0.15) is 5.16 Å². The van der Waals surface area contributed by atoms with E-state index in [-0.39, 0.29) is 5.16 Å². The first-order valence-corrected chi connectivity index (χ1v) is 2.08. The third kappa shape index (κ3) is 2.07. The van der Waals surface area contributed by atoms with E-state index in [2.05, 4.69) is 0 Å². The van der Waals surface area contributed by atoms with Crippen molar-refractivity contribution in [3.8, 4) is 6.07 Å². The molecule has 2 N–H and O–H groups in total. The van der Waals surface area contributed by atoms with Crippen molar-refractivity contribution >= 4 is 11.6 Å². The monoisotopic (exact) mass is 116 g/mol. The van der Waals surface area contributed by atoms with Crippen LogP contribution in [0, 0.1) is 11.3 Å². The summed E-state index contributed by atoms with van der Waals surface area (Å²) < 4.78 is 0. The van der Waals surface area contributed by atoms with Crippen molar-refractivity contribution in [2.45, 2.75) is 6.92 Å². The number of hydrogen-bond acceptors (Lipinski definition) is 2. The van der Waals surface area contributed by atoms with Crippen LogP contribution in [0.5, 0.6) is 0 Å². The molecular formula is C4H5ClN2. The highest BCUT2D eigenvalue weighted by molar-refractivity contribution is 6.29. The fraction of sp³-hybridized carbons (Fsp3) is 0.250. The van der Waals surface area contributed by atoms with Gasteiger partial charge in [0.05, 0.1) is 11.6 Å². The minimum atomic E-state index is 0.0718. The number of rotatable bonds is 0. The van der Waals surface area contributed by atoms with Gasteiger partial charge in [-0.3, -0.25) is 0 Å². The van der Waals surface area contributed by atoms with E-state index in [0.29, 0.717) is 5.57 Å². The Balaban J connectivity index is 4.07. The van der Waals surface area contributed by atoms with Gasteiger partial charge in [-0.25, -0.2) is 0 Å². The number of nitrogens with two attached hydrogens (primary N) is 1. The fourth-order valence-corrected chi connectivity index (χ4v) is 0.0957. The predicted molar refractivity (Wildman–Crippen MR) is 28.4 cm³/mol. The van der Waals surface area contributed by atoms with Crippen molar-refractivity contribution in [3.05, 3.63) is 10.7 Å². The minimum absolute atomic E-state index is 0.0718. The van der Waals surface area contributed by atoms with Gasteiger partial charge >= 0.3 is 0 Å². The first-order valence-electron chi connectivity index (χ1n) is 1.70. The second-order valence-electron chi connectivity index (χ2n) is 1.08. The average molecular weight is 117 g/mol. The van der Waals surface area contributed by atoms with Gasteiger partial charge in [0.2, 0.25) is 0 Å². The van der Waals surface area contributed by atoms with Crippen molar-refractivity contribution in [2.24, 2.45) is 5.73 Å². The molecule has 0 unspecified atom stereocenters. The molecule has 0 aromatic carbocycles. The largest absolute Gasteiger partial charge is 0.389 e. The molecule has 0 aromatic rings. The standard InChI is InChI=1S/C4H5ClN2/c1-3(2-6)4(5)7/h7H2,1H3/b4-3+. The molecule has 38 valence electrons. The van der Waals surface area contributed by atoms with Gasteiger partial charge in [0, 0.05) is 0 Å². The Morgan fingerprint density at radius 1 is 1.86 bits per heavy atom. The molecule has 0 rings (SSSR count). The van der Waals surface area contributed by atoms with Crippen LogP contribution in [-0.2, 0) is 0 Å². The highest BCUT2D eigenvalue weighted by atomic mass is 35.5. The molecule has 0 saturated carbocycles. The molecule has 7 heavy (non-hydrogen) atoms. The van der Waals surface area contributed by atoms with Gasteiger partial charge in [-0.1, -0.05) is 11.6 Å². The van der Waals surface area contributed by atoms with Crippen molar-refractivity contribution < 1.29 is 0 Å². The predicted octanol–water partition coefficient (Wildman–Crippen LogP) is 0.939. The highest BCUT2D eigenvalue weighted by Crippen LogP contribution is 1.97. The second kappa shape index (κ2) is 2.49. The fourth-order valence-electron chi connectivity index (χ4n) is 0.0534. The number of nitriles is 1. The molecule has 0 aliphatic heterocycles. The van der Waals surface area contributed by atoms with Gasteiger partial charge < -0.3 is 5.73 Å². The average Bonchev–Trinajstić information content (AvgIpc) is 1.65. The summed E-state index contributed by atoms with van der Waals surface area (Å²) in [6, 6.07) is 1.79. The molecule has 0 bridgehead atoms. The summed E-state index contributed by atoms with van der Waals surface area (Å²) in [6.07, 6.45) is 0. The summed E-state index contributed by atoms with van der Waals surface area (Å²) in [6.45, 7) is 1.56. The Hall–Kier alpha value is -0.680. The van der Waals surface area contributed by atoms with Crippen molar-refractivity contribution in [2.75, 3.05) is 0 Å². The quantitative estimate of drug-likeness (QED) is 0.378. The zero-order valence-corrected chi connectivity index (χ0v) is 4.66. The number of nitrogens with zero attached hydrogens (tertiary/aromatic N) is 1. The number of hydrogen-bond donors (Lipinski definition) is 1. The van der Waals surface area contributed by atoms with Crippen LogP contribution in [0.1, 0.15) is 6.92 Å². The molecule has 0 aliphatic rings. The summed E-state index contributed by atoms with van der Waals surface area (Å²) >= 11 is 5.16. The molecule has 0 saturated heterocycles. The first kappa shape index (κ1) is 6.32. The molecule has 0 aliphatic carbocycles. The lowest BCUT2D eigenvalue weighted by Crippen LogP contribution is -1.89. The minimum Gasteiger partial charge on any atom is -0.389 e. The van der Waals surface area contributed by atoms with Crippen LogP contribution in [-0.4, -0.2) is 0 Å². The van der Waals surface area contributed by atoms with Crippen LogP contribution in [0.2, 0.25) is 0 Å². The van der Waals surface area contributed by atoms with Crippen LogP contribution in [0.25, 0.3) is 0 Å². The Kier molecular flexibility index (Phi) is 2.24. The maximum Gasteiger partial charge on any atom is 0.113 e. The van der Waals surface area contributed by atoms with Crippen LogP contribution in [0.4, 0.5) is 0 Å². The van der Waals surface area contributed by atoms with E-state index < -0.39 is 0 Å². The summed E-state index contributed by atoms with van der Waals surface area (Å²) in [4.78, 5) is 0. The van der Waals surface area contributed by atoms with E-state index in [1.807, 2.05) is 0 Å². The van der Waals surface area contributed by atoms with Crippen LogP contribution < -0.4 is 5.73 Å². The zero-order valence-electron chi connectivity index (χ0n) is 3.90. The molecular weight excluding hydrogens is 112 g/mol. The maximum atomic E-state index is 8.03. The van der Waals surface area contributed by atoms with E-state index >= 15 is 0 Å². The second-order valence-corrected chi connectivity index (χ2v) is 1.49. The van der Waals surface area contributed by atoms with Gasteiger partial charge in [0.25, 0.3) is 0 Å². The summed E-state index contributed by atoms with van der Waals surface area (Å²) in [7, 11) is 0. The van der Waals surface area contributed by atoms with E-state index in [4.69, 9.17) is 22.6 Å². The lowest BCUT2D eigenvalue weighted by molar-refractivity contribution is 1.37. The van der Waals surface area contributed by atoms with Gasteiger partial charge in [-0.2, -0.15) is 5.26 Å². The summed E-state index contributed by atoms with van der Waals surface area (Å²) in [5.41, 5.74) is 5.33. The van der Waals surface area contributed by atoms with E-state index in [9.17, 15) is 0 Å². The number of allylic oxidation sites excluding steroid dienone is 1. The van der Waals surface area contributed by atoms with Gasteiger partial charge in [-0.05, 0) is 6.92 Å². The van der Waals surface area contributed by atoms with Gasteiger partial charge in [-0.15, -0.1) is 0 Å². The summed E-state index contributed by atoms with van der Waals surface area (Å²) in [5.74, 6) is 0. The van der Waals surface area contributed by atoms with E-state index in [1.165, 1.54) is 0 Å². The van der Waals surface area contributed by atoms with Gasteiger partial charge in [0.15, 0.2) is 0 Å². The highest BCUT2D eigenvalue weighted by Gasteiger charge is 1.86. The lowest BCUT2D eigenvalue weighted by Gasteiger charge is -1.82. The van der Waals surface area contributed by atoms with Crippen molar-refractivity contribution in [1.29, 1.82) is 5.26 Å². The Morgan fingerprint density at radius 2 is 2.29 bits per heavy atom. The smallest absolute Gasteiger partial charge is 0.113 e. The molecule has 0 spiro atoms. The Bertz CT molecular complexity index is 127. The van der Waals surface area contributed by atoms with Crippen molar-refractivity contribution in [3.63, 3.8) is 0 Å². The van der Waals surface area contributed by atoms with Crippen LogP contribution >= 0.6 is 11.6 Å². The zero-order chi connectivity index (χ0) is 5.86. The molecule has 0 heterocycles. The lowest BCUT2D eigenvalue weighted by atomic mass is 10.4. The van der Waals surface area contributed by atoms with Crippen LogP contribution in [0.3, 0.4) is 0 Å². The normalized spacial score (nSPS) is 12.1. The molecule has 3 heteroatoms. The third-order valence-electron chi connectivity index (χ3n) is 0.526. The Morgan fingerprint density at radius 3 is 2.29 bits per heavy atom. The number of halogens is 1. The summed E-state index contributed by atoms with van der Waals surface area (Å²) in [5, 5.41) is 8.10. The van der Waals surface area contributed by atoms with Crippen LogP contribution in [0.15, 0.2) is 10.7 Å². The van der Waals surface area contributed by atoms with E-state index in [1.54, 1.807) is 13.0 Å². The Labute approximate surface area is 47.2 Å². The third-order valence-corrected chi connectivity index (χ3v) is 0.809. The topological polar surface area (TPSA) is 49.8 Å². The maximum absolute atomic E-state index is 8.03. The molecule has 0 fully saturated rings. The SMILES string of the molecule is C/C(C#N)=C(\N)Cl. The van der Waals surface area contributed by atoms with Crippen molar-refractivity contribution in [1.82, 2.24) is 0 Å². The molecule has 0 radical (unpaired) electrons.